The SMILES string of the molecule is CCC1SCCSC1c1noc(CCCC#N)n1. The maximum atomic E-state index is 8.50. The van der Waals surface area contributed by atoms with Crippen molar-refractivity contribution >= 4 is 23.5 Å². The van der Waals surface area contributed by atoms with E-state index in [1.807, 2.05) is 23.5 Å². The van der Waals surface area contributed by atoms with E-state index in [0.29, 0.717) is 29.2 Å². The maximum Gasteiger partial charge on any atom is 0.226 e. The van der Waals surface area contributed by atoms with E-state index in [-0.39, 0.29) is 0 Å². The van der Waals surface area contributed by atoms with Gasteiger partial charge >= 0.3 is 0 Å². The van der Waals surface area contributed by atoms with Gasteiger partial charge in [0.25, 0.3) is 0 Å². The zero-order valence-electron chi connectivity index (χ0n) is 10.5. The van der Waals surface area contributed by atoms with Crippen molar-refractivity contribution in [3.63, 3.8) is 0 Å². The lowest BCUT2D eigenvalue weighted by Crippen LogP contribution is -2.19. The minimum Gasteiger partial charge on any atom is -0.339 e. The van der Waals surface area contributed by atoms with E-state index in [9.17, 15) is 0 Å². The average molecular weight is 283 g/mol. The Labute approximate surface area is 116 Å². The van der Waals surface area contributed by atoms with Gasteiger partial charge in [0.1, 0.15) is 0 Å². The van der Waals surface area contributed by atoms with Gasteiger partial charge in [-0.15, -0.1) is 11.8 Å². The molecule has 2 unspecified atom stereocenters. The van der Waals surface area contributed by atoms with Crippen LogP contribution in [0.5, 0.6) is 0 Å². The lowest BCUT2D eigenvalue weighted by atomic mass is 10.2. The van der Waals surface area contributed by atoms with E-state index in [4.69, 9.17) is 9.78 Å². The number of thioether (sulfide) groups is 2. The van der Waals surface area contributed by atoms with Crippen molar-refractivity contribution in [1.29, 1.82) is 5.26 Å². The number of aryl methyl sites for hydroxylation is 1. The Morgan fingerprint density at radius 2 is 2.28 bits per heavy atom. The number of aromatic nitrogens is 2. The number of nitriles is 1. The zero-order valence-corrected chi connectivity index (χ0v) is 12.1. The molecule has 1 aliphatic rings. The molecule has 1 aliphatic heterocycles. The Hall–Kier alpha value is -0.670. The third kappa shape index (κ3) is 3.42. The molecule has 1 aromatic heterocycles. The number of hydrogen-bond donors (Lipinski definition) is 0. The van der Waals surface area contributed by atoms with Crippen LogP contribution >= 0.6 is 23.5 Å². The molecule has 1 saturated heterocycles. The van der Waals surface area contributed by atoms with E-state index >= 15 is 0 Å². The van der Waals surface area contributed by atoms with Crippen LogP contribution in [0, 0.1) is 11.3 Å². The Morgan fingerprint density at radius 3 is 3.06 bits per heavy atom. The van der Waals surface area contributed by atoms with Crippen molar-refractivity contribution in [3.8, 4) is 6.07 Å². The van der Waals surface area contributed by atoms with Crippen LogP contribution in [0.15, 0.2) is 4.52 Å². The fourth-order valence-electron chi connectivity index (χ4n) is 1.95. The van der Waals surface area contributed by atoms with Crippen LogP contribution < -0.4 is 0 Å². The van der Waals surface area contributed by atoms with Gasteiger partial charge in [0, 0.05) is 29.6 Å². The van der Waals surface area contributed by atoms with Crippen molar-refractivity contribution in [2.45, 2.75) is 43.1 Å². The third-order valence-electron chi connectivity index (χ3n) is 2.87. The van der Waals surface area contributed by atoms with Gasteiger partial charge in [-0.05, 0) is 12.8 Å². The molecular weight excluding hydrogens is 266 g/mol. The van der Waals surface area contributed by atoms with Crippen LogP contribution in [-0.4, -0.2) is 26.9 Å². The molecule has 0 spiro atoms. The van der Waals surface area contributed by atoms with Crippen molar-refractivity contribution in [2.24, 2.45) is 0 Å². The first-order valence-electron chi connectivity index (χ1n) is 6.27. The minimum absolute atomic E-state index is 0.363. The van der Waals surface area contributed by atoms with Crippen molar-refractivity contribution < 1.29 is 4.52 Å². The number of hydrogen-bond acceptors (Lipinski definition) is 6. The van der Waals surface area contributed by atoms with Crippen LogP contribution in [-0.2, 0) is 6.42 Å². The molecule has 1 aromatic rings. The fraction of sp³-hybridized carbons (Fsp3) is 0.750. The summed E-state index contributed by atoms with van der Waals surface area (Å²) in [7, 11) is 0. The van der Waals surface area contributed by atoms with Crippen LogP contribution in [0.1, 0.15) is 43.2 Å². The molecule has 0 aromatic carbocycles. The topological polar surface area (TPSA) is 62.7 Å². The van der Waals surface area contributed by atoms with Gasteiger partial charge in [-0.3, -0.25) is 0 Å². The molecule has 6 heteroatoms. The Morgan fingerprint density at radius 1 is 1.44 bits per heavy atom. The Balaban J connectivity index is 1.97. The summed E-state index contributed by atoms with van der Waals surface area (Å²) in [5, 5.41) is 13.6. The first-order chi connectivity index (χ1) is 8.85. The predicted molar refractivity (Wildman–Crippen MR) is 74.6 cm³/mol. The Bertz CT molecular complexity index is 416. The summed E-state index contributed by atoms with van der Waals surface area (Å²) in [5.74, 6) is 3.88. The molecule has 98 valence electrons. The lowest BCUT2D eigenvalue weighted by molar-refractivity contribution is 0.370. The molecule has 0 aliphatic carbocycles. The predicted octanol–water partition coefficient (Wildman–Crippen LogP) is 3.22. The second-order valence-corrected chi connectivity index (χ2v) is 6.76. The molecule has 2 atom stereocenters. The number of rotatable bonds is 5. The van der Waals surface area contributed by atoms with Crippen LogP contribution in [0.2, 0.25) is 0 Å². The van der Waals surface area contributed by atoms with Gasteiger partial charge in [-0.2, -0.15) is 22.0 Å². The van der Waals surface area contributed by atoms with Gasteiger partial charge in [0.2, 0.25) is 5.89 Å². The summed E-state index contributed by atoms with van der Waals surface area (Å²) in [5.41, 5.74) is 0. The van der Waals surface area contributed by atoms with Crippen LogP contribution in [0.25, 0.3) is 0 Å². The van der Waals surface area contributed by atoms with Gasteiger partial charge in [0.15, 0.2) is 5.82 Å². The highest BCUT2D eigenvalue weighted by Gasteiger charge is 2.30. The molecule has 0 radical (unpaired) electrons. The molecule has 18 heavy (non-hydrogen) atoms. The summed E-state index contributed by atoms with van der Waals surface area (Å²) in [4.78, 5) is 4.48. The van der Waals surface area contributed by atoms with Gasteiger partial charge < -0.3 is 4.52 Å². The molecule has 0 N–H and O–H groups in total. The zero-order chi connectivity index (χ0) is 12.8. The van der Waals surface area contributed by atoms with Crippen LogP contribution in [0.4, 0.5) is 0 Å². The van der Waals surface area contributed by atoms with Crippen LogP contribution in [0.3, 0.4) is 0 Å². The summed E-state index contributed by atoms with van der Waals surface area (Å²) < 4.78 is 5.26. The largest absolute Gasteiger partial charge is 0.339 e. The average Bonchev–Trinajstić information content (AvgIpc) is 2.88. The standard InChI is InChI=1S/C12H17N3OS2/c1-2-9-11(18-8-7-17-9)12-14-10(16-15-12)5-3-4-6-13/h9,11H,2-5,7-8H2,1H3. The molecule has 1 fully saturated rings. The minimum atomic E-state index is 0.363. The van der Waals surface area contributed by atoms with Crippen molar-refractivity contribution in [3.05, 3.63) is 11.7 Å². The highest BCUT2D eigenvalue weighted by molar-refractivity contribution is 8.06. The van der Waals surface area contributed by atoms with E-state index in [1.165, 1.54) is 5.75 Å². The first kappa shape index (κ1) is 13.8. The number of unbranched alkanes of at least 4 members (excludes halogenated alkanes) is 1. The molecule has 2 rings (SSSR count). The van der Waals surface area contributed by atoms with Crippen molar-refractivity contribution in [2.75, 3.05) is 11.5 Å². The smallest absolute Gasteiger partial charge is 0.226 e. The van der Waals surface area contributed by atoms with Gasteiger partial charge in [-0.25, -0.2) is 0 Å². The van der Waals surface area contributed by atoms with Crippen molar-refractivity contribution in [1.82, 2.24) is 10.1 Å². The normalized spacial score (nSPS) is 23.8. The van der Waals surface area contributed by atoms with E-state index in [1.54, 1.807) is 0 Å². The quantitative estimate of drug-likeness (QED) is 0.773. The highest BCUT2D eigenvalue weighted by atomic mass is 32.2. The van der Waals surface area contributed by atoms with Gasteiger partial charge in [0.05, 0.1) is 11.3 Å². The molecule has 0 bridgehead atoms. The summed E-state index contributed by atoms with van der Waals surface area (Å²) in [6.45, 7) is 2.21. The number of nitrogens with zero attached hydrogens (tertiary/aromatic N) is 3. The lowest BCUT2D eigenvalue weighted by Gasteiger charge is -2.27. The maximum absolute atomic E-state index is 8.50. The van der Waals surface area contributed by atoms with E-state index in [2.05, 4.69) is 23.1 Å². The molecule has 2 heterocycles. The summed E-state index contributed by atoms with van der Waals surface area (Å²) in [6, 6.07) is 2.13. The first-order valence-corrected chi connectivity index (χ1v) is 8.37. The molecule has 0 amide bonds. The highest BCUT2D eigenvalue weighted by Crippen LogP contribution is 2.42. The molecule has 0 saturated carbocycles. The monoisotopic (exact) mass is 283 g/mol. The second-order valence-electron chi connectivity index (χ2n) is 4.17. The Kier molecular flexibility index (Phi) is 5.39. The van der Waals surface area contributed by atoms with E-state index < -0.39 is 0 Å². The summed E-state index contributed by atoms with van der Waals surface area (Å²) >= 11 is 3.94. The third-order valence-corrected chi connectivity index (χ3v) is 6.11. The van der Waals surface area contributed by atoms with E-state index in [0.717, 1.165) is 24.4 Å². The molecular formula is C12H17N3OS2. The molecule has 4 nitrogen and oxygen atoms in total. The summed E-state index contributed by atoms with van der Waals surface area (Å²) in [6.07, 6.45) is 3.19. The second kappa shape index (κ2) is 7.05. The van der Waals surface area contributed by atoms with Gasteiger partial charge in [-0.1, -0.05) is 12.1 Å². The fourth-order valence-corrected chi connectivity index (χ4v) is 4.93.